The SMILES string of the molecule is CCCNc1ncnc(NCCN(CC)C2CC2)c1OC. The summed E-state index contributed by atoms with van der Waals surface area (Å²) in [5, 5.41) is 6.64. The number of methoxy groups -OCH3 is 1. The van der Waals surface area contributed by atoms with E-state index in [4.69, 9.17) is 4.74 Å². The number of rotatable bonds is 10. The zero-order chi connectivity index (χ0) is 15.1. The van der Waals surface area contributed by atoms with Crippen molar-refractivity contribution in [1.82, 2.24) is 14.9 Å². The third kappa shape index (κ3) is 4.46. The van der Waals surface area contributed by atoms with Crippen molar-refractivity contribution in [3.8, 4) is 5.75 Å². The van der Waals surface area contributed by atoms with Crippen LogP contribution in [0.4, 0.5) is 11.6 Å². The third-order valence-corrected chi connectivity index (χ3v) is 3.71. The number of hydrogen-bond donors (Lipinski definition) is 2. The molecule has 1 fully saturated rings. The first kappa shape index (κ1) is 15.8. The van der Waals surface area contributed by atoms with E-state index in [-0.39, 0.29) is 0 Å². The Morgan fingerprint density at radius 3 is 2.38 bits per heavy atom. The predicted octanol–water partition coefficient (Wildman–Crippen LogP) is 2.20. The van der Waals surface area contributed by atoms with Gasteiger partial charge in [-0.05, 0) is 25.8 Å². The van der Waals surface area contributed by atoms with Crippen LogP contribution in [-0.2, 0) is 0 Å². The highest BCUT2D eigenvalue weighted by Crippen LogP contribution is 2.29. The van der Waals surface area contributed by atoms with Gasteiger partial charge in [-0.25, -0.2) is 9.97 Å². The molecule has 0 radical (unpaired) electrons. The van der Waals surface area contributed by atoms with Crippen molar-refractivity contribution in [3.63, 3.8) is 0 Å². The van der Waals surface area contributed by atoms with Gasteiger partial charge in [-0.3, -0.25) is 4.90 Å². The first-order chi connectivity index (χ1) is 10.3. The molecule has 1 heterocycles. The van der Waals surface area contributed by atoms with Crippen molar-refractivity contribution >= 4 is 11.6 Å². The summed E-state index contributed by atoms with van der Waals surface area (Å²) >= 11 is 0. The summed E-state index contributed by atoms with van der Waals surface area (Å²) in [6.45, 7) is 8.22. The number of nitrogens with one attached hydrogen (secondary N) is 2. The number of likely N-dealkylation sites (N-methyl/N-ethyl adjacent to an activating group) is 1. The van der Waals surface area contributed by atoms with Crippen molar-refractivity contribution in [2.75, 3.05) is 43.9 Å². The minimum atomic E-state index is 0.695. The highest BCUT2D eigenvalue weighted by Gasteiger charge is 2.27. The van der Waals surface area contributed by atoms with Gasteiger partial charge in [0.1, 0.15) is 6.33 Å². The van der Waals surface area contributed by atoms with Crippen LogP contribution >= 0.6 is 0 Å². The Morgan fingerprint density at radius 2 is 1.86 bits per heavy atom. The van der Waals surface area contributed by atoms with Gasteiger partial charge < -0.3 is 15.4 Å². The molecule has 6 heteroatoms. The van der Waals surface area contributed by atoms with Gasteiger partial charge in [0, 0.05) is 25.7 Å². The second kappa shape index (κ2) is 8.02. The average Bonchev–Trinajstić information content (AvgIpc) is 3.34. The lowest BCUT2D eigenvalue weighted by molar-refractivity contribution is 0.288. The van der Waals surface area contributed by atoms with Crippen molar-refractivity contribution in [2.24, 2.45) is 0 Å². The molecule has 118 valence electrons. The first-order valence-corrected chi connectivity index (χ1v) is 7.90. The summed E-state index contributed by atoms with van der Waals surface area (Å²) in [7, 11) is 1.66. The molecule has 0 spiro atoms. The molecule has 1 aliphatic rings. The Bertz CT molecular complexity index is 436. The Kier molecular flexibility index (Phi) is 6.04. The molecule has 6 nitrogen and oxygen atoms in total. The van der Waals surface area contributed by atoms with Crippen LogP contribution in [0, 0.1) is 0 Å². The standard InChI is InChI=1S/C15H27N5O/c1-4-8-16-14-13(21-3)15(19-11-18-14)17-9-10-20(5-2)12-6-7-12/h11-12H,4-10H2,1-3H3,(H2,16,17,18,19). The van der Waals surface area contributed by atoms with E-state index in [1.807, 2.05) is 0 Å². The fourth-order valence-corrected chi connectivity index (χ4v) is 2.42. The molecule has 21 heavy (non-hydrogen) atoms. The lowest BCUT2D eigenvalue weighted by Crippen LogP contribution is -2.31. The highest BCUT2D eigenvalue weighted by atomic mass is 16.5. The summed E-state index contributed by atoms with van der Waals surface area (Å²) in [6.07, 6.45) is 5.30. The molecule has 0 saturated heterocycles. The molecule has 0 amide bonds. The zero-order valence-corrected chi connectivity index (χ0v) is 13.4. The Labute approximate surface area is 127 Å². The maximum atomic E-state index is 5.45. The molecule has 0 unspecified atom stereocenters. The molecule has 2 N–H and O–H groups in total. The van der Waals surface area contributed by atoms with E-state index in [9.17, 15) is 0 Å². The van der Waals surface area contributed by atoms with Gasteiger partial charge in [-0.2, -0.15) is 0 Å². The van der Waals surface area contributed by atoms with Gasteiger partial charge in [-0.1, -0.05) is 13.8 Å². The second-order valence-electron chi connectivity index (χ2n) is 5.32. The molecule has 0 aliphatic heterocycles. The molecule has 1 aromatic heterocycles. The van der Waals surface area contributed by atoms with Crippen molar-refractivity contribution in [3.05, 3.63) is 6.33 Å². The Balaban J connectivity index is 1.91. The van der Waals surface area contributed by atoms with Crippen LogP contribution in [0.2, 0.25) is 0 Å². The molecular weight excluding hydrogens is 266 g/mol. The monoisotopic (exact) mass is 293 g/mol. The van der Waals surface area contributed by atoms with Crippen molar-refractivity contribution in [1.29, 1.82) is 0 Å². The summed E-state index contributed by atoms with van der Waals surface area (Å²) in [5.41, 5.74) is 0. The van der Waals surface area contributed by atoms with E-state index < -0.39 is 0 Å². The van der Waals surface area contributed by atoms with Gasteiger partial charge in [0.15, 0.2) is 11.6 Å². The van der Waals surface area contributed by atoms with Crippen LogP contribution in [0.5, 0.6) is 5.75 Å². The molecule has 1 aromatic rings. The van der Waals surface area contributed by atoms with E-state index in [0.29, 0.717) is 5.75 Å². The quantitative estimate of drug-likeness (QED) is 0.689. The van der Waals surface area contributed by atoms with Gasteiger partial charge in [0.05, 0.1) is 7.11 Å². The summed E-state index contributed by atoms with van der Waals surface area (Å²) in [4.78, 5) is 11.1. The van der Waals surface area contributed by atoms with E-state index in [0.717, 1.165) is 50.3 Å². The van der Waals surface area contributed by atoms with Crippen LogP contribution in [0.25, 0.3) is 0 Å². The number of aromatic nitrogens is 2. The topological polar surface area (TPSA) is 62.3 Å². The predicted molar refractivity (Wildman–Crippen MR) is 86.1 cm³/mol. The number of anilines is 2. The van der Waals surface area contributed by atoms with E-state index >= 15 is 0 Å². The maximum absolute atomic E-state index is 5.45. The zero-order valence-electron chi connectivity index (χ0n) is 13.4. The highest BCUT2D eigenvalue weighted by molar-refractivity contribution is 5.63. The lowest BCUT2D eigenvalue weighted by Gasteiger charge is -2.20. The fourth-order valence-electron chi connectivity index (χ4n) is 2.42. The van der Waals surface area contributed by atoms with E-state index in [1.54, 1.807) is 13.4 Å². The molecule has 0 aromatic carbocycles. The summed E-state index contributed by atoms with van der Waals surface area (Å²) in [6, 6.07) is 0.797. The first-order valence-electron chi connectivity index (χ1n) is 7.90. The number of ether oxygens (including phenoxy) is 1. The normalized spacial score (nSPS) is 14.3. The number of nitrogens with zero attached hydrogens (tertiary/aromatic N) is 3. The van der Waals surface area contributed by atoms with Gasteiger partial charge in [0.25, 0.3) is 0 Å². The molecule has 1 saturated carbocycles. The van der Waals surface area contributed by atoms with E-state index in [1.165, 1.54) is 12.8 Å². The summed E-state index contributed by atoms with van der Waals surface area (Å²) in [5.74, 6) is 2.21. The molecule has 1 aliphatic carbocycles. The van der Waals surface area contributed by atoms with E-state index in [2.05, 4.69) is 39.3 Å². The molecule has 0 bridgehead atoms. The maximum Gasteiger partial charge on any atom is 0.204 e. The molecule has 2 rings (SSSR count). The van der Waals surface area contributed by atoms with Crippen LogP contribution < -0.4 is 15.4 Å². The van der Waals surface area contributed by atoms with Crippen LogP contribution in [-0.4, -0.2) is 54.2 Å². The lowest BCUT2D eigenvalue weighted by atomic mass is 10.4. The minimum Gasteiger partial charge on any atom is -0.490 e. The third-order valence-electron chi connectivity index (χ3n) is 3.71. The largest absolute Gasteiger partial charge is 0.490 e. The Hall–Kier alpha value is -1.56. The fraction of sp³-hybridized carbons (Fsp3) is 0.733. The van der Waals surface area contributed by atoms with Crippen LogP contribution in [0.3, 0.4) is 0 Å². The van der Waals surface area contributed by atoms with Gasteiger partial charge >= 0.3 is 0 Å². The van der Waals surface area contributed by atoms with Crippen molar-refractivity contribution in [2.45, 2.75) is 39.2 Å². The molecule has 0 atom stereocenters. The van der Waals surface area contributed by atoms with Crippen LogP contribution in [0.15, 0.2) is 6.33 Å². The van der Waals surface area contributed by atoms with Crippen LogP contribution in [0.1, 0.15) is 33.1 Å². The second-order valence-corrected chi connectivity index (χ2v) is 5.32. The smallest absolute Gasteiger partial charge is 0.204 e. The number of hydrogen-bond acceptors (Lipinski definition) is 6. The van der Waals surface area contributed by atoms with Crippen molar-refractivity contribution < 1.29 is 4.74 Å². The minimum absolute atomic E-state index is 0.695. The Morgan fingerprint density at radius 1 is 1.19 bits per heavy atom. The molecular formula is C15H27N5O. The average molecular weight is 293 g/mol. The summed E-state index contributed by atoms with van der Waals surface area (Å²) < 4.78 is 5.45. The van der Waals surface area contributed by atoms with Gasteiger partial charge in [-0.15, -0.1) is 0 Å². The van der Waals surface area contributed by atoms with Gasteiger partial charge in [0.2, 0.25) is 5.75 Å².